The predicted molar refractivity (Wildman–Crippen MR) is 97.1 cm³/mol. The summed E-state index contributed by atoms with van der Waals surface area (Å²) in [5, 5.41) is 4.75. The smallest absolute Gasteiger partial charge is 0.337 e. The van der Waals surface area contributed by atoms with E-state index in [-0.39, 0.29) is 5.89 Å². The third kappa shape index (κ3) is 2.97. The molecule has 0 saturated heterocycles. The Kier molecular flexibility index (Phi) is 4.01. The molecule has 2 aromatic heterocycles. The SMILES string of the molecule is CCOc1ccc2c(-c3nc(-c4cccc(C)c4)no3)cc(=O)oc2c1. The topological polar surface area (TPSA) is 78.4 Å². The van der Waals surface area contributed by atoms with Gasteiger partial charge in [-0.2, -0.15) is 4.98 Å². The van der Waals surface area contributed by atoms with E-state index in [0.29, 0.717) is 34.7 Å². The van der Waals surface area contributed by atoms with Gasteiger partial charge in [0.05, 0.1) is 12.2 Å². The molecule has 0 spiro atoms. The molecule has 0 fully saturated rings. The van der Waals surface area contributed by atoms with Gasteiger partial charge in [-0.1, -0.05) is 28.9 Å². The zero-order valence-electron chi connectivity index (χ0n) is 14.4. The van der Waals surface area contributed by atoms with Crippen LogP contribution in [0.25, 0.3) is 33.8 Å². The van der Waals surface area contributed by atoms with Crippen LogP contribution < -0.4 is 10.4 Å². The second-order valence-electron chi connectivity index (χ2n) is 5.86. The molecule has 0 saturated carbocycles. The Bertz CT molecular complexity index is 1140. The minimum atomic E-state index is -0.489. The van der Waals surface area contributed by atoms with Gasteiger partial charge in [-0.3, -0.25) is 0 Å². The second kappa shape index (κ2) is 6.48. The fraction of sp³-hybridized carbons (Fsp3) is 0.150. The fourth-order valence-corrected chi connectivity index (χ4v) is 2.81. The van der Waals surface area contributed by atoms with E-state index in [1.165, 1.54) is 6.07 Å². The third-order valence-corrected chi connectivity index (χ3v) is 3.96. The van der Waals surface area contributed by atoms with Crippen LogP contribution in [0.15, 0.2) is 62.3 Å². The molecule has 4 aromatic rings. The molecule has 2 heterocycles. The molecule has 0 radical (unpaired) electrons. The van der Waals surface area contributed by atoms with Crippen LogP contribution in [0.1, 0.15) is 12.5 Å². The number of rotatable bonds is 4. The zero-order valence-corrected chi connectivity index (χ0v) is 14.4. The molecule has 0 unspecified atom stereocenters. The summed E-state index contributed by atoms with van der Waals surface area (Å²) < 4.78 is 16.2. The number of aromatic nitrogens is 2. The molecule has 2 aromatic carbocycles. The van der Waals surface area contributed by atoms with Gasteiger partial charge in [0, 0.05) is 23.1 Å². The van der Waals surface area contributed by atoms with E-state index in [9.17, 15) is 4.79 Å². The van der Waals surface area contributed by atoms with Crippen molar-refractivity contribution in [1.82, 2.24) is 10.1 Å². The van der Waals surface area contributed by atoms with Crippen LogP contribution in [0.5, 0.6) is 5.75 Å². The Balaban J connectivity index is 1.83. The maximum atomic E-state index is 12.0. The van der Waals surface area contributed by atoms with Crippen LogP contribution in [-0.2, 0) is 0 Å². The highest BCUT2D eigenvalue weighted by Gasteiger charge is 2.16. The Morgan fingerprint density at radius 1 is 1.12 bits per heavy atom. The lowest BCUT2D eigenvalue weighted by Gasteiger charge is -2.05. The lowest BCUT2D eigenvalue weighted by Crippen LogP contribution is -1.99. The molecule has 0 N–H and O–H groups in total. The summed E-state index contributed by atoms with van der Waals surface area (Å²) in [5.41, 5.74) is 2.41. The molecule has 0 amide bonds. The minimum absolute atomic E-state index is 0.267. The van der Waals surface area contributed by atoms with Gasteiger partial charge in [-0.05, 0) is 32.0 Å². The molecule has 0 aliphatic heterocycles. The summed E-state index contributed by atoms with van der Waals surface area (Å²) in [6.45, 7) is 4.41. The van der Waals surface area contributed by atoms with E-state index in [1.807, 2.05) is 50.2 Å². The van der Waals surface area contributed by atoms with Gasteiger partial charge in [0.2, 0.25) is 5.82 Å². The fourth-order valence-electron chi connectivity index (χ4n) is 2.81. The quantitative estimate of drug-likeness (QED) is 0.514. The van der Waals surface area contributed by atoms with Crippen molar-refractivity contribution < 1.29 is 13.7 Å². The molecule has 6 nitrogen and oxygen atoms in total. The molecule has 6 heteroatoms. The molecule has 4 rings (SSSR count). The van der Waals surface area contributed by atoms with Gasteiger partial charge >= 0.3 is 5.63 Å². The number of ether oxygens (including phenoxy) is 1. The lowest BCUT2D eigenvalue weighted by molar-refractivity contribution is 0.340. The maximum absolute atomic E-state index is 12.0. The molecular formula is C20H16N2O4. The first-order chi connectivity index (χ1) is 12.6. The second-order valence-corrected chi connectivity index (χ2v) is 5.86. The van der Waals surface area contributed by atoms with Crippen LogP contribution in [0.4, 0.5) is 0 Å². The first-order valence-electron chi connectivity index (χ1n) is 8.26. The van der Waals surface area contributed by atoms with Crippen LogP contribution in [0.2, 0.25) is 0 Å². The summed E-state index contributed by atoms with van der Waals surface area (Å²) in [4.78, 5) is 16.4. The van der Waals surface area contributed by atoms with E-state index < -0.39 is 5.63 Å². The summed E-state index contributed by atoms with van der Waals surface area (Å²) in [7, 11) is 0. The number of hydrogen-bond acceptors (Lipinski definition) is 6. The minimum Gasteiger partial charge on any atom is -0.494 e. The number of benzene rings is 2. The van der Waals surface area contributed by atoms with Crippen molar-refractivity contribution in [3.63, 3.8) is 0 Å². The maximum Gasteiger partial charge on any atom is 0.337 e. The first kappa shape index (κ1) is 16.1. The molecule has 0 aliphatic carbocycles. The third-order valence-electron chi connectivity index (χ3n) is 3.96. The average molecular weight is 348 g/mol. The molecule has 0 aliphatic rings. The van der Waals surface area contributed by atoms with E-state index >= 15 is 0 Å². The average Bonchev–Trinajstić information content (AvgIpc) is 3.11. The molecule has 0 atom stereocenters. The standard InChI is InChI=1S/C20H16N2O4/c1-3-24-14-7-8-15-16(11-18(23)25-17(15)10-14)20-21-19(22-26-20)13-6-4-5-12(2)9-13/h4-11H,3H2,1-2H3. The Hall–Kier alpha value is -3.41. The van der Waals surface area contributed by atoms with Gasteiger partial charge in [0.25, 0.3) is 5.89 Å². The molecular weight excluding hydrogens is 332 g/mol. The van der Waals surface area contributed by atoms with Gasteiger partial charge in [-0.15, -0.1) is 0 Å². The first-order valence-corrected chi connectivity index (χ1v) is 8.26. The van der Waals surface area contributed by atoms with Crippen LogP contribution in [0.3, 0.4) is 0 Å². The van der Waals surface area contributed by atoms with Crippen molar-refractivity contribution in [3.8, 4) is 28.6 Å². The summed E-state index contributed by atoms with van der Waals surface area (Å²) in [5.74, 6) is 1.37. The Morgan fingerprint density at radius 3 is 2.81 bits per heavy atom. The molecule has 26 heavy (non-hydrogen) atoms. The van der Waals surface area contributed by atoms with Gasteiger partial charge in [-0.25, -0.2) is 4.79 Å². The summed E-state index contributed by atoms with van der Waals surface area (Å²) in [6.07, 6.45) is 0. The van der Waals surface area contributed by atoms with Crippen molar-refractivity contribution in [2.75, 3.05) is 6.61 Å². The van der Waals surface area contributed by atoms with Gasteiger partial charge in [0.15, 0.2) is 0 Å². The molecule has 130 valence electrons. The van der Waals surface area contributed by atoms with E-state index in [4.69, 9.17) is 13.7 Å². The Morgan fingerprint density at radius 2 is 2.00 bits per heavy atom. The highest BCUT2D eigenvalue weighted by molar-refractivity contribution is 5.91. The number of fused-ring (bicyclic) bond motifs is 1. The van der Waals surface area contributed by atoms with Gasteiger partial charge < -0.3 is 13.7 Å². The monoisotopic (exact) mass is 348 g/mol. The highest BCUT2D eigenvalue weighted by atomic mass is 16.5. The summed E-state index contributed by atoms with van der Waals surface area (Å²) >= 11 is 0. The molecule has 0 bridgehead atoms. The van der Waals surface area contributed by atoms with E-state index in [1.54, 1.807) is 6.07 Å². The number of hydrogen-bond donors (Lipinski definition) is 0. The van der Waals surface area contributed by atoms with Crippen molar-refractivity contribution in [3.05, 3.63) is 64.5 Å². The van der Waals surface area contributed by atoms with Crippen molar-refractivity contribution >= 4 is 11.0 Å². The zero-order chi connectivity index (χ0) is 18.1. The van der Waals surface area contributed by atoms with E-state index in [2.05, 4.69) is 10.1 Å². The lowest BCUT2D eigenvalue weighted by atomic mass is 10.1. The Labute approximate surface area is 149 Å². The van der Waals surface area contributed by atoms with Gasteiger partial charge in [0.1, 0.15) is 11.3 Å². The van der Waals surface area contributed by atoms with Crippen LogP contribution >= 0.6 is 0 Å². The largest absolute Gasteiger partial charge is 0.494 e. The number of nitrogens with zero attached hydrogens (tertiary/aromatic N) is 2. The normalized spacial score (nSPS) is 11.0. The van der Waals surface area contributed by atoms with Crippen molar-refractivity contribution in [1.29, 1.82) is 0 Å². The van der Waals surface area contributed by atoms with Crippen LogP contribution in [0, 0.1) is 6.92 Å². The van der Waals surface area contributed by atoms with E-state index in [0.717, 1.165) is 11.1 Å². The van der Waals surface area contributed by atoms with Crippen LogP contribution in [-0.4, -0.2) is 16.7 Å². The number of aryl methyl sites for hydroxylation is 1. The van der Waals surface area contributed by atoms with Crippen molar-refractivity contribution in [2.24, 2.45) is 0 Å². The van der Waals surface area contributed by atoms with Crippen molar-refractivity contribution in [2.45, 2.75) is 13.8 Å². The predicted octanol–water partition coefficient (Wildman–Crippen LogP) is 4.22. The summed E-state index contributed by atoms with van der Waals surface area (Å²) in [6, 6.07) is 14.5. The highest BCUT2D eigenvalue weighted by Crippen LogP contribution is 2.30.